The molecule has 19 heavy (non-hydrogen) atoms. The first-order valence-electron chi connectivity index (χ1n) is 5.13. The average Bonchev–Trinajstić information content (AvgIpc) is 2.30. The largest absolute Gasteiger partial charge is 0.207 e. The fraction of sp³-hybridized carbons (Fsp3) is 0.0769. The second kappa shape index (κ2) is 5.51. The zero-order valence-electron chi connectivity index (χ0n) is 9.23. The fourth-order valence-electron chi connectivity index (χ4n) is 1.66. The maximum absolute atomic E-state index is 13.6. The quantitative estimate of drug-likeness (QED) is 0.505. The van der Waals surface area contributed by atoms with Gasteiger partial charge in [0.05, 0.1) is 5.38 Å². The number of rotatable bonds is 2. The summed E-state index contributed by atoms with van der Waals surface area (Å²) in [5, 5.41) is -1.27. The lowest BCUT2D eigenvalue weighted by Gasteiger charge is -2.14. The summed E-state index contributed by atoms with van der Waals surface area (Å²) < 4.78 is 53.6. The van der Waals surface area contributed by atoms with Crippen molar-refractivity contribution in [3.63, 3.8) is 0 Å². The Balaban J connectivity index is 2.56. The van der Waals surface area contributed by atoms with Gasteiger partial charge in [-0.25, -0.2) is 17.6 Å². The molecule has 0 aliphatic carbocycles. The van der Waals surface area contributed by atoms with Crippen LogP contribution in [-0.2, 0) is 0 Å². The standard InChI is InChI=1S/C13H6BrClF4/c14-9-2-1-6(16)3-8(9)13(15)12-10(18)4-7(17)5-11(12)19/h1-5,13H. The Labute approximate surface area is 120 Å². The highest BCUT2D eigenvalue weighted by molar-refractivity contribution is 9.10. The summed E-state index contributed by atoms with van der Waals surface area (Å²) in [7, 11) is 0. The molecule has 0 amide bonds. The first kappa shape index (κ1) is 14.3. The van der Waals surface area contributed by atoms with Gasteiger partial charge in [0.2, 0.25) is 0 Å². The van der Waals surface area contributed by atoms with E-state index in [9.17, 15) is 17.6 Å². The molecule has 0 N–H and O–H groups in total. The third-order valence-corrected chi connectivity index (χ3v) is 3.70. The lowest BCUT2D eigenvalue weighted by molar-refractivity contribution is 0.525. The predicted octanol–water partition coefficient (Wildman–Crippen LogP) is 5.33. The second-order valence-electron chi connectivity index (χ2n) is 3.81. The topological polar surface area (TPSA) is 0 Å². The Kier molecular flexibility index (Phi) is 4.16. The molecule has 2 aromatic rings. The van der Waals surface area contributed by atoms with Crippen LogP contribution in [0.25, 0.3) is 0 Å². The first-order chi connectivity index (χ1) is 8.90. The lowest BCUT2D eigenvalue weighted by Crippen LogP contribution is -2.03. The molecule has 0 aliphatic rings. The van der Waals surface area contributed by atoms with Crippen molar-refractivity contribution < 1.29 is 17.6 Å². The van der Waals surface area contributed by atoms with Crippen LogP contribution >= 0.6 is 27.5 Å². The highest BCUT2D eigenvalue weighted by atomic mass is 79.9. The minimum absolute atomic E-state index is 0.158. The Morgan fingerprint density at radius 3 is 2.05 bits per heavy atom. The molecule has 2 aromatic carbocycles. The van der Waals surface area contributed by atoms with Crippen LogP contribution in [0.5, 0.6) is 0 Å². The molecule has 0 saturated heterocycles. The number of benzene rings is 2. The van der Waals surface area contributed by atoms with Gasteiger partial charge >= 0.3 is 0 Å². The molecule has 0 heterocycles. The Morgan fingerprint density at radius 1 is 0.895 bits per heavy atom. The molecule has 6 heteroatoms. The smallest absolute Gasteiger partial charge is 0.134 e. The van der Waals surface area contributed by atoms with E-state index in [0.29, 0.717) is 16.6 Å². The van der Waals surface area contributed by atoms with Crippen molar-refractivity contribution in [2.24, 2.45) is 0 Å². The highest BCUT2D eigenvalue weighted by Crippen LogP contribution is 2.37. The van der Waals surface area contributed by atoms with E-state index in [2.05, 4.69) is 15.9 Å². The van der Waals surface area contributed by atoms with Gasteiger partial charge in [0.15, 0.2) is 0 Å². The minimum Gasteiger partial charge on any atom is -0.207 e. The van der Waals surface area contributed by atoms with Crippen molar-refractivity contribution in [2.75, 3.05) is 0 Å². The summed E-state index contributed by atoms with van der Waals surface area (Å²) in [5.74, 6) is -3.87. The molecule has 1 atom stereocenters. The van der Waals surface area contributed by atoms with Crippen molar-refractivity contribution in [1.82, 2.24) is 0 Å². The van der Waals surface area contributed by atoms with E-state index < -0.39 is 34.2 Å². The van der Waals surface area contributed by atoms with Crippen LogP contribution in [0.4, 0.5) is 17.6 Å². The maximum atomic E-state index is 13.6. The molecule has 0 bridgehead atoms. The molecular weight excluding hydrogens is 347 g/mol. The second-order valence-corrected chi connectivity index (χ2v) is 5.10. The van der Waals surface area contributed by atoms with Gasteiger partial charge in [-0.3, -0.25) is 0 Å². The van der Waals surface area contributed by atoms with Gasteiger partial charge in [0.1, 0.15) is 23.3 Å². The summed E-state index contributed by atoms with van der Waals surface area (Å²) in [6.07, 6.45) is 0. The monoisotopic (exact) mass is 352 g/mol. The molecule has 100 valence electrons. The van der Waals surface area contributed by atoms with Crippen LogP contribution < -0.4 is 0 Å². The van der Waals surface area contributed by atoms with Crippen molar-refractivity contribution in [3.8, 4) is 0 Å². The number of alkyl halides is 1. The van der Waals surface area contributed by atoms with Gasteiger partial charge in [-0.15, -0.1) is 11.6 Å². The van der Waals surface area contributed by atoms with Crippen molar-refractivity contribution in [1.29, 1.82) is 0 Å². The van der Waals surface area contributed by atoms with Crippen LogP contribution in [0.2, 0.25) is 0 Å². The van der Waals surface area contributed by atoms with Crippen LogP contribution in [-0.4, -0.2) is 0 Å². The van der Waals surface area contributed by atoms with E-state index in [1.54, 1.807) is 0 Å². The highest BCUT2D eigenvalue weighted by Gasteiger charge is 2.23. The summed E-state index contributed by atoms with van der Waals surface area (Å²) in [6, 6.07) is 4.67. The van der Waals surface area contributed by atoms with Crippen molar-refractivity contribution in [2.45, 2.75) is 5.38 Å². The lowest BCUT2D eigenvalue weighted by atomic mass is 10.0. The van der Waals surface area contributed by atoms with Crippen LogP contribution in [0.1, 0.15) is 16.5 Å². The fourth-order valence-corrected chi connectivity index (χ4v) is 2.66. The van der Waals surface area contributed by atoms with E-state index in [1.807, 2.05) is 0 Å². The molecule has 0 radical (unpaired) electrons. The zero-order valence-corrected chi connectivity index (χ0v) is 11.6. The van der Waals surface area contributed by atoms with Gasteiger partial charge in [0.25, 0.3) is 0 Å². The summed E-state index contributed by atoms with van der Waals surface area (Å²) in [4.78, 5) is 0. The zero-order chi connectivity index (χ0) is 14.2. The maximum Gasteiger partial charge on any atom is 0.134 e. The molecular formula is C13H6BrClF4. The van der Waals surface area contributed by atoms with E-state index in [0.717, 1.165) is 6.07 Å². The number of halogens is 6. The minimum atomic E-state index is -1.27. The number of hydrogen-bond donors (Lipinski definition) is 0. The molecule has 2 rings (SSSR count). The van der Waals surface area contributed by atoms with Gasteiger partial charge in [-0.1, -0.05) is 15.9 Å². The third-order valence-electron chi connectivity index (χ3n) is 2.53. The van der Waals surface area contributed by atoms with Crippen LogP contribution in [0.15, 0.2) is 34.8 Å². The Hall–Kier alpha value is -1.07. The SMILES string of the molecule is Fc1cc(F)c(C(Cl)c2cc(F)ccc2Br)c(F)c1. The molecule has 0 aromatic heterocycles. The van der Waals surface area contributed by atoms with Crippen molar-refractivity contribution >= 4 is 27.5 Å². The summed E-state index contributed by atoms with van der Waals surface area (Å²) >= 11 is 9.09. The molecule has 0 aliphatic heterocycles. The van der Waals surface area contributed by atoms with Crippen LogP contribution in [0, 0.1) is 23.3 Å². The predicted molar refractivity (Wildman–Crippen MR) is 68.1 cm³/mol. The normalized spacial score (nSPS) is 12.5. The number of hydrogen-bond acceptors (Lipinski definition) is 0. The van der Waals surface area contributed by atoms with Gasteiger partial charge in [0, 0.05) is 22.2 Å². The summed E-state index contributed by atoms with van der Waals surface area (Å²) in [6.45, 7) is 0. The molecule has 0 saturated carbocycles. The van der Waals surface area contributed by atoms with Crippen molar-refractivity contribution in [3.05, 3.63) is 69.2 Å². The summed E-state index contributed by atoms with van der Waals surface area (Å²) in [5.41, 5.74) is -0.361. The van der Waals surface area contributed by atoms with E-state index in [4.69, 9.17) is 11.6 Å². The molecule has 1 unspecified atom stereocenters. The van der Waals surface area contributed by atoms with E-state index in [-0.39, 0.29) is 5.56 Å². The Morgan fingerprint density at radius 2 is 1.47 bits per heavy atom. The van der Waals surface area contributed by atoms with E-state index in [1.165, 1.54) is 12.1 Å². The van der Waals surface area contributed by atoms with Gasteiger partial charge < -0.3 is 0 Å². The van der Waals surface area contributed by atoms with Gasteiger partial charge in [-0.05, 0) is 23.8 Å². The average molecular weight is 354 g/mol. The van der Waals surface area contributed by atoms with E-state index >= 15 is 0 Å². The third kappa shape index (κ3) is 2.92. The molecule has 0 fully saturated rings. The molecule has 0 nitrogen and oxygen atoms in total. The van der Waals surface area contributed by atoms with Crippen LogP contribution in [0.3, 0.4) is 0 Å². The Bertz CT molecular complexity index is 607. The van der Waals surface area contributed by atoms with Gasteiger partial charge in [-0.2, -0.15) is 0 Å². The first-order valence-corrected chi connectivity index (χ1v) is 6.36. The molecule has 0 spiro atoms.